The van der Waals surface area contributed by atoms with Crippen LogP contribution >= 0.6 is 0 Å². The van der Waals surface area contributed by atoms with Crippen LogP contribution in [0, 0.1) is 13.8 Å². The van der Waals surface area contributed by atoms with E-state index in [4.69, 9.17) is 0 Å². The highest BCUT2D eigenvalue weighted by atomic mass is 14.1. The van der Waals surface area contributed by atoms with Gasteiger partial charge in [-0.25, -0.2) is 0 Å². The van der Waals surface area contributed by atoms with Gasteiger partial charge in [0.2, 0.25) is 0 Å². The summed E-state index contributed by atoms with van der Waals surface area (Å²) in [5.74, 6) is 0. The van der Waals surface area contributed by atoms with E-state index in [1.807, 2.05) is 55.4 Å². The first-order valence-corrected chi connectivity index (χ1v) is 13.0. The molecule has 0 spiro atoms. The van der Waals surface area contributed by atoms with Gasteiger partial charge in [-0.1, -0.05) is 140 Å². The average Bonchev–Trinajstić information content (AvgIpc) is 2.95. The molecule has 0 aliphatic rings. The van der Waals surface area contributed by atoms with Crippen LogP contribution in [-0.4, -0.2) is 0 Å². The second-order valence-corrected chi connectivity index (χ2v) is 6.79. The van der Waals surface area contributed by atoms with Crippen molar-refractivity contribution in [2.45, 2.75) is 69.2 Å². The number of rotatable bonds is 3. The topological polar surface area (TPSA) is 0 Å². The van der Waals surface area contributed by atoms with Crippen molar-refractivity contribution in [3.63, 3.8) is 0 Å². The smallest absolute Gasteiger partial charge is 0.0149 e. The van der Waals surface area contributed by atoms with Crippen molar-refractivity contribution in [3.05, 3.63) is 108 Å². The fourth-order valence-electron chi connectivity index (χ4n) is 3.46. The minimum absolute atomic E-state index is 1.26. The van der Waals surface area contributed by atoms with Crippen molar-refractivity contribution >= 4 is 0 Å². The summed E-state index contributed by atoms with van der Waals surface area (Å²) >= 11 is 0. The Balaban J connectivity index is 0.00000124. The molecule has 0 fully saturated rings. The van der Waals surface area contributed by atoms with Gasteiger partial charge >= 0.3 is 0 Å². The summed E-state index contributed by atoms with van der Waals surface area (Å²) in [6, 6.07) is 34.7. The predicted octanol–water partition coefficient (Wildman–Crippen LogP) is 11.4. The molecule has 0 bridgehead atoms. The van der Waals surface area contributed by atoms with Gasteiger partial charge in [-0.05, 0) is 70.5 Å². The van der Waals surface area contributed by atoms with Gasteiger partial charge in [-0.3, -0.25) is 0 Å². The van der Waals surface area contributed by atoms with Crippen molar-refractivity contribution in [2.24, 2.45) is 0 Å². The molecule has 0 radical (unpaired) electrons. The molecule has 0 unspecified atom stereocenters. The molecule has 0 N–H and O–H groups in total. The molecule has 182 valence electrons. The summed E-state index contributed by atoms with van der Waals surface area (Å²) in [4.78, 5) is 0. The highest BCUT2D eigenvalue weighted by molar-refractivity contribution is 5.79. The number of benzene rings is 4. The molecule has 0 amide bonds. The van der Waals surface area contributed by atoms with Gasteiger partial charge in [0.1, 0.15) is 0 Å². The molecule has 34 heavy (non-hydrogen) atoms. The minimum Gasteiger partial charge on any atom is -0.0683 e. The van der Waals surface area contributed by atoms with Crippen LogP contribution in [0.4, 0.5) is 0 Å². The molecule has 0 heteroatoms. The Morgan fingerprint density at radius 1 is 0.324 bits per heavy atom. The van der Waals surface area contributed by atoms with E-state index >= 15 is 0 Å². The van der Waals surface area contributed by atoms with Crippen molar-refractivity contribution in [3.8, 4) is 33.4 Å². The Hall–Kier alpha value is -3.12. The summed E-state index contributed by atoms with van der Waals surface area (Å²) in [5, 5.41) is 0. The monoisotopic (exact) mass is 454 g/mol. The van der Waals surface area contributed by atoms with Gasteiger partial charge in [0.15, 0.2) is 0 Å². The lowest BCUT2D eigenvalue weighted by Gasteiger charge is -2.12. The van der Waals surface area contributed by atoms with Crippen LogP contribution in [-0.2, 0) is 0 Å². The maximum Gasteiger partial charge on any atom is -0.0149 e. The molecule has 0 aliphatic carbocycles. The molecule has 0 atom stereocenters. The Labute approximate surface area is 210 Å². The third-order valence-corrected chi connectivity index (χ3v) is 4.98. The third-order valence-electron chi connectivity index (χ3n) is 4.98. The van der Waals surface area contributed by atoms with E-state index in [1.165, 1.54) is 44.5 Å². The SMILES string of the molecule is CC.CC.CC.CC.Cc1ccc(-c2ccc(C)c(-c3ccccc3)c2)cc1-c1ccccc1. The van der Waals surface area contributed by atoms with Gasteiger partial charge in [0, 0.05) is 0 Å². The summed E-state index contributed by atoms with van der Waals surface area (Å²) in [6.45, 7) is 20.4. The van der Waals surface area contributed by atoms with Gasteiger partial charge in [-0.2, -0.15) is 0 Å². The average molecular weight is 455 g/mol. The summed E-state index contributed by atoms with van der Waals surface area (Å²) in [7, 11) is 0. The summed E-state index contributed by atoms with van der Waals surface area (Å²) < 4.78 is 0. The zero-order valence-electron chi connectivity index (χ0n) is 23.2. The Kier molecular flexibility index (Phi) is 16.6. The van der Waals surface area contributed by atoms with Crippen LogP contribution < -0.4 is 0 Å². The number of aryl methyl sites for hydroxylation is 2. The maximum atomic E-state index is 2.31. The zero-order chi connectivity index (χ0) is 25.9. The Morgan fingerprint density at radius 2 is 0.618 bits per heavy atom. The molecule has 4 aromatic rings. The van der Waals surface area contributed by atoms with Crippen LogP contribution in [0.2, 0.25) is 0 Å². The lowest BCUT2D eigenvalue weighted by molar-refractivity contribution is 1.43. The van der Waals surface area contributed by atoms with E-state index in [2.05, 4.69) is 111 Å². The van der Waals surface area contributed by atoms with Gasteiger partial charge in [0.05, 0.1) is 0 Å². The number of hydrogen-bond acceptors (Lipinski definition) is 0. The molecule has 0 saturated heterocycles. The quantitative estimate of drug-likeness (QED) is 0.289. The molecule has 0 aromatic heterocycles. The van der Waals surface area contributed by atoms with E-state index in [0.29, 0.717) is 0 Å². The van der Waals surface area contributed by atoms with Crippen LogP contribution in [0.1, 0.15) is 66.5 Å². The molecule has 0 aliphatic heterocycles. The molecular weight excluding hydrogens is 408 g/mol. The first-order chi connectivity index (χ1) is 16.7. The largest absolute Gasteiger partial charge is 0.0683 e. The van der Waals surface area contributed by atoms with E-state index in [0.717, 1.165) is 0 Å². The normalized spacial score (nSPS) is 8.88. The van der Waals surface area contributed by atoms with E-state index < -0.39 is 0 Å². The lowest BCUT2D eigenvalue weighted by atomic mass is 9.92. The first kappa shape index (κ1) is 30.9. The second-order valence-electron chi connectivity index (χ2n) is 6.79. The van der Waals surface area contributed by atoms with Gasteiger partial charge in [-0.15, -0.1) is 0 Å². The fraction of sp³-hybridized carbons (Fsp3) is 0.294. The fourth-order valence-corrected chi connectivity index (χ4v) is 3.46. The Bertz CT molecular complexity index is 941. The highest BCUT2D eigenvalue weighted by Crippen LogP contribution is 2.32. The van der Waals surface area contributed by atoms with Crippen LogP contribution in [0.3, 0.4) is 0 Å². The van der Waals surface area contributed by atoms with Crippen LogP contribution in [0.5, 0.6) is 0 Å². The summed E-state index contributed by atoms with van der Waals surface area (Å²) in [6.07, 6.45) is 0. The molecule has 0 saturated carbocycles. The number of hydrogen-bond donors (Lipinski definition) is 0. The first-order valence-electron chi connectivity index (χ1n) is 13.0. The molecule has 4 rings (SSSR count). The van der Waals surface area contributed by atoms with Gasteiger partial charge < -0.3 is 0 Å². The molecule has 0 nitrogen and oxygen atoms in total. The second kappa shape index (κ2) is 18.3. The van der Waals surface area contributed by atoms with Crippen molar-refractivity contribution < 1.29 is 0 Å². The summed E-state index contributed by atoms with van der Waals surface area (Å²) in [5.41, 5.74) is 10.2. The highest BCUT2D eigenvalue weighted by Gasteiger charge is 2.08. The van der Waals surface area contributed by atoms with Crippen LogP contribution in [0.25, 0.3) is 33.4 Å². The lowest BCUT2D eigenvalue weighted by Crippen LogP contribution is -1.88. The molecular formula is C34H46. The molecule has 0 heterocycles. The third kappa shape index (κ3) is 8.67. The van der Waals surface area contributed by atoms with E-state index in [1.54, 1.807) is 0 Å². The van der Waals surface area contributed by atoms with Gasteiger partial charge in [0.25, 0.3) is 0 Å². The Morgan fingerprint density at radius 3 is 0.912 bits per heavy atom. The maximum absolute atomic E-state index is 2.31. The van der Waals surface area contributed by atoms with Crippen molar-refractivity contribution in [1.29, 1.82) is 0 Å². The minimum atomic E-state index is 1.26. The van der Waals surface area contributed by atoms with Crippen LogP contribution in [0.15, 0.2) is 97.1 Å². The standard InChI is InChI=1S/C26H22.4C2H6/c1-19-13-15-23(17-25(19)21-9-5-3-6-10-21)24-16-14-20(2)26(18-24)22-11-7-4-8-12-22;4*1-2/h3-18H,1-2H3;4*1-2H3. The van der Waals surface area contributed by atoms with E-state index in [9.17, 15) is 0 Å². The predicted molar refractivity (Wildman–Crippen MR) is 158 cm³/mol. The molecule has 4 aromatic carbocycles. The van der Waals surface area contributed by atoms with Crippen molar-refractivity contribution in [2.75, 3.05) is 0 Å². The van der Waals surface area contributed by atoms with Crippen molar-refractivity contribution in [1.82, 2.24) is 0 Å². The van der Waals surface area contributed by atoms with E-state index in [-0.39, 0.29) is 0 Å². The zero-order valence-corrected chi connectivity index (χ0v) is 23.2.